The van der Waals surface area contributed by atoms with Gasteiger partial charge in [-0.25, -0.2) is 4.68 Å². The van der Waals surface area contributed by atoms with Crippen LogP contribution in [0.1, 0.15) is 27.2 Å². The third-order valence-corrected chi connectivity index (χ3v) is 5.45. The first-order valence-electron chi connectivity index (χ1n) is 9.20. The number of benzene rings is 2. The lowest BCUT2D eigenvalue weighted by atomic mass is 10.1. The maximum Gasteiger partial charge on any atom is 0.257 e. The van der Waals surface area contributed by atoms with E-state index in [9.17, 15) is 9.59 Å². The second-order valence-corrected chi connectivity index (χ2v) is 7.90. The molecule has 0 aliphatic rings. The van der Waals surface area contributed by atoms with Crippen molar-refractivity contribution in [2.75, 3.05) is 18.9 Å². The molecule has 2 aromatic carbocycles. The van der Waals surface area contributed by atoms with E-state index in [-0.39, 0.29) is 18.4 Å². The summed E-state index contributed by atoms with van der Waals surface area (Å²) in [5, 5.41) is 7.22. The van der Waals surface area contributed by atoms with Gasteiger partial charge in [-0.2, -0.15) is 5.10 Å². The smallest absolute Gasteiger partial charge is 0.257 e. The number of nitrogens with zero attached hydrogens (tertiary/aromatic N) is 3. The number of amides is 2. The SMILES string of the molecule is Cc1cccc(NC(=O)CN(C)C(=O)c2cnn(-c3ccc(Br)cc3)c2C)c1C. The lowest BCUT2D eigenvalue weighted by Gasteiger charge is -2.17. The molecule has 3 rings (SSSR count). The molecule has 150 valence electrons. The number of carbonyl (C=O) groups is 2. The molecule has 0 aliphatic heterocycles. The Morgan fingerprint density at radius 2 is 1.79 bits per heavy atom. The molecule has 0 aliphatic carbocycles. The van der Waals surface area contributed by atoms with E-state index in [2.05, 4.69) is 26.3 Å². The van der Waals surface area contributed by atoms with E-state index in [0.29, 0.717) is 5.56 Å². The lowest BCUT2D eigenvalue weighted by Crippen LogP contribution is -2.35. The first kappa shape index (κ1) is 20.8. The molecule has 0 saturated heterocycles. The highest BCUT2D eigenvalue weighted by atomic mass is 79.9. The maximum absolute atomic E-state index is 12.9. The lowest BCUT2D eigenvalue weighted by molar-refractivity contribution is -0.116. The van der Waals surface area contributed by atoms with Gasteiger partial charge < -0.3 is 10.2 Å². The quantitative estimate of drug-likeness (QED) is 0.625. The predicted molar refractivity (Wildman–Crippen MR) is 118 cm³/mol. The molecule has 0 atom stereocenters. The Labute approximate surface area is 178 Å². The van der Waals surface area contributed by atoms with Crippen LogP contribution in [0.4, 0.5) is 5.69 Å². The van der Waals surface area contributed by atoms with Crippen LogP contribution in [0.15, 0.2) is 53.1 Å². The standard InChI is InChI=1S/C22H23BrN4O2/c1-14-6-5-7-20(15(14)2)25-21(28)13-26(4)22(29)19-12-24-27(16(19)3)18-10-8-17(23)9-11-18/h5-12H,13H2,1-4H3,(H,25,28). The Bertz CT molecular complexity index is 1060. The van der Waals surface area contributed by atoms with Crippen molar-refractivity contribution in [1.82, 2.24) is 14.7 Å². The van der Waals surface area contributed by atoms with Crippen LogP contribution in [0, 0.1) is 20.8 Å². The van der Waals surface area contributed by atoms with Gasteiger partial charge in [0.2, 0.25) is 5.91 Å². The van der Waals surface area contributed by atoms with E-state index in [0.717, 1.165) is 32.7 Å². The Morgan fingerprint density at radius 1 is 1.10 bits per heavy atom. The molecule has 0 unspecified atom stereocenters. The Balaban J connectivity index is 1.71. The fourth-order valence-electron chi connectivity index (χ4n) is 3.03. The molecule has 1 heterocycles. The first-order chi connectivity index (χ1) is 13.8. The zero-order chi connectivity index (χ0) is 21.1. The van der Waals surface area contributed by atoms with E-state index >= 15 is 0 Å². The molecule has 0 saturated carbocycles. The minimum Gasteiger partial charge on any atom is -0.332 e. The number of nitrogens with one attached hydrogen (secondary N) is 1. The summed E-state index contributed by atoms with van der Waals surface area (Å²) in [6.07, 6.45) is 1.54. The van der Waals surface area contributed by atoms with Crippen LogP contribution in [0.2, 0.25) is 0 Å². The fourth-order valence-corrected chi connectivity index (χ4v) is 3.30. The zero-order valence-electron chi connectivity index (χ0n) is 16.9. The van der Waals surface area contributed by atoms with Crippen molar-refractivity contribution < 1.29 is 9.59 Å². The highest BCUT2D eigenvalue weighted by molar-refractivity contribution is 9.10. The van der Waals surface area contributed by atoms with E-state index in [1.807, 2.05) is 63.2 Å². The number of halogens is 1. The van der Waals surface area contributed by atoms with Gasteiger partial charge in [0, 0.05) is 17.2 Å². The molecular weight excluding hydrogens is 432 g/mol. The van der Waals surface area contributed by atoms with Gasteiger partial charge in [0.1, 0.15) is 0 Å². The molecule has 29 heavy (non-hydrogen) atoms. The zero-order valence-corrected chi connectivity index (χ0v) is 18.4. The highest BCUT2D eigenvalue weighted by Crippen LogP contribution is 2.19. The minimum atomic E-state index is -0.248. The highest BCUT2D eigenvalue weighted by Gasteiger charge is 2.20. The van der Waals surface area contributed by atoms with Crippen molar-refractivity contribution in [3.8, 4) is 5.69 Å². The van der Waals surface area contributed by atoms with Crippen molar-refractivity contribution in [3.05, 3.63) is 75.5 Å². The third-order valence-electron chi connectivity index (χ3n) is 4.92. The Morgan fingerprint density at radius 3 is 2.48 bits per heavy atom. The van der Waals surface area contributed by atoms with Crippen LogP contribution in [0.3, 0.4) is 0 Å². The van der Waals surface area contributed by atoms with Crippen LogP contribution < -0.4 is 5.32 Å². The number of aryl methyl sites for hydroxylation is 1. The molecular formula is C22H23BrN4O2. The van der Waals surface area contributed by atoms with Crippen molar-refractivity contribution in [2.24, 2.45) is 0 Å². The molecule has 0 radical (unpaired) electrons. The molecule has 7 heteroatoms. The van der Waals surface area contributed by atoms with Crippen LogP contribution in [0.5, 0.6) is 0 Å². The van der Waals surface area contributed by atoms with Crippen molar-refractivity contribution in [2.45, 2.75) is 20.8 Å². The summed E-state index contributed by atoms with van der Waals surface area (Å²) >= 11 is 3.41. The van der Waals surface area contributed by atoms with Crippen LogP contribution in [-0.4, -0.2) is 40.1 Å². The van der Waals surface area contributed by atoms with Gasteiger partial charge in [0.05, 0.1) is 29.7 Å². The summed E-state index contributed by atoms with van der Waals surface area (Å²) in [6, 6.07) is 13.4. The monoisotopic (exact) mass is 454 g/mol. The number of rotatable bonds is 5. The molecule has 1 aromatic heterocycles. The molecule has 0 fully saturated rings. The second-order valence-electron chi connectivity index (χ2n) is 6.99. The number of aromatic nitrogens is 2. The number of hydrogen-bond donors (Lipinski definition) is 1. The first-order valence-corrected chi connectivity index (χ1v) is 9.99. The van der Waals surface area contributed by atoms with Gasteiger partial charge in [-0.1, -0.05) is 28.1 Å². The summed E-state index contributed by atoms with van der Waals surface area (Å²) in [5.74, 6) is -0.491. The van der Waals surface area contributed by atoms with E-state index < -0.39 is 0 Å². The van der Waals surface area contributed by atoms with Gasteiger partial charge in [0.15, 0.2) is 0 Å². The Kier molecular flexibility index (Phi) is 6.17. The molecule has 1 N–H and O–H groups in total. The summed E-state index contributed by atoms with van der Waals surface area (Å²) in [4.78, 5) is 26.7. The minimum absolute atomic E-state index is 0.0465. The molecule has 0 spiro atoms. The van der Waals surface area contributed by atoms with Crippen molar-refractivity contribution in [3.63, 3.8) is 0 Å². The summed E-state index contributed by atoms with van der Waals surface area (Å²) in [7, 11) is 1.61. The van der Waals surface area contributed by atoms with Gasteiger partial charge in [-0.3, -0.25) is 9.59 Å². The van der Waals surface area contributed by atoms with Gasteiger partial charge >= 0.3 is 0 Å². The predicted octanol–water partition coefficient (Wildman–Crippen LogP) is 4.27. The average Bonchev–Trinajstić information content (AvgIpc) is 3.06. The van der Waals surface area contributed by atoms with Gasteiger partial charge in [0.25, 0.3) is 5.91 Å². The number of anilines is 1. The van der Waals surface area contributed by atoms with E-state index in [4.69, 9.17) is 0 Å². The number of likely N-dealkylation sites (N-methyl/N-ethyl adjacent to an activating group) is 1. The summed E-state index contributed by atoms with van der Waals surface area (Å²) < 4.78 is 2.68. The molecule has 3 aromatic rings. The fraction of sp³-hybridized carbons (Fsp3) is 0.227. The topological polar surface area (TPSA) is 67.2 Å². The molecule has 0 bridgehead atoms. The van der Waals surface area contributed by atoms with Crippen LogP contribution >= 0.6 is 15.9 Å². The number of carbonyl (C=O) groups excluding carboxylic acids is 2. The number of hydrogen-bond acceptors (Lipinski definition) is 3. The molecule has 6 nitrogen and oxygen atoms in total. The molecule has 2 amide bonds. The average molecular weight is 455 g/mol. The van der Waals surface area contributed by atoms with Gasteiger partial charge in [-0.15, -0.1) is 0 Å². The van der Waals surface area contributed by atoms with Crippen LogP contribution in [-0.2, 0) is 4.79 Å². The maximum atomic E-state index is 12.9. The normalized spacial score (nSPS) is 10.7. The van der Waals surface area contributed by atoms with E-state index in [1.54, 1.807) is 17.9 Å². The third kappa shape index (κ3) is 4.56. The van der Waals surface area contributed by atoms with Crippen LogP contribution in [0.25, 0.3) is 5.69 Å². The van der Waals surface area contributed by atoms with Crippen molar-refractivity contribution in [1.29, 1.82) is 0 Å². The largest absolute Gasteiger partial charge is 0.332 e. The summed E-state index contributed by atoms with van der Waals surface area (Å²) in [6.45, 7) is 5.74. The second kappa shape index (κ2) is 8.61. The van der Waals surface area contributed by atoms with Gasteiger partial charge in [-0.05, 0) is 62.2 Å². The summed E-state index contributed by atoms with van der Waals surface area (Å²) in [5.41, 5.74) is 4.92. The van der Waals surface area contributed by atoms with Crippen molar-refractivity contribution >= 4 is 33.4 Å². The Hall–Kier alpha value is -2.93. The van der Waals surface area contributed by atoms with E-state index in [1.165, 1.54) is 4.90 Å².